The van der Waals surface area contributed by atoms with Gasteiger partial charge in [0.15, 0.2) is 5.82 Å². The summed E-state index contributed by atoms with van der Waals surface area (Å²) in [6.07, 6.45) is 2.75. The summed E-state index contributed by atoms with van der Waals surface area (Å²) in [7, 11) is 0. The summed E-state index contributed by atoms with van der Waals surface area (Å²) in [4.78, 5) is 19.1. The highest BCUT2D eigenvalue weighted by Gasteiger charge is 2.13. The van der Waals surface area contributed by atoms with Gasteiger partial charge in [0.1, 0.15) is 11.8 Å². The predicted octanol–water partition coefficient (Wildman–Crippen LogP) is 1.88. The molecule has 0 saturated carbocycles. The van der Waals surface area contributed by atoms with Crippen LogP contribution in [-0.4, -0.2) is 28.1 Å². The van der Waals surface area contributed by atoms with E-state index in [1.807, 2.05) is 20.8 Å². The fourth-order valence-electron chi connectivity index (χ4n) is 0.838. The normalized spacial score (nSPS) is 11.2. The van der Waals surface area contributed by atoms with Gasteiger partial charge < -0.3 is 10.1 Å². The lowest BCUT2D eigenvalue weighted by Crippen LogP contribution is -2.27. The summed E-state index contributed by atoms with van der Waals surface area (Å²) in [6, 6.07) is 0. The molecule has 5 nitrogen and oxygen atoms in total. The van der Waals surface area contributed by atoms with E-state index in [4.69, 9.17) is 16.3 Å². The van der Waals surface area contributed by atoms with E-state index in [9.17, 15) is 4.79 Å². The molecule has 88 valence electrons. The van der Waals surface area contributed by atoms with Gasteiger partial charge in [-0.25, -0.2) is 9.97 Å². The molecule has 1 rings (SSSR count). The van der Waals surface area contributed by atoms with Crippen molar-refractivity contribution in [3.05, 3.63) is 17.5 Å². The molecule has 1 aromatic rings. The van der Waals surface area contributed by atoms with E-state index in [1.165, 1.54) is 12.4 Å². The molecule has 0 saturated heterocycles. The highest BCUT2D eigenvalue weighted by atomic mass is 35.5. The molecule has 1 amide bonds. The van der Waals surface area contributed by atoms with Gasteiger partial charge >= 0.3 is 0 Å². The fourth-order valence-corrected chi connectivity index (χ4v) is 0.935. The van der Waals surface area contributed by atoms with Crippen LogP contribution in [0.3, 0.4) is 0 Å². The standard InChI is InChI=1S/C10H14ClN3O2/c1-10(2,3)16-6-9(15)14-8-5-12-7(11)4-13-8/h4-5H,6H2,1-3H3,(H,13,14,15). The summed E-state index contributed by atoms with van der Waals surface area (Å²) in [5.41, 5.74) is -0.344. The third-order valence-electron chi connectivity index (χ3n) is 1.52. The van der Waals surface area contributed by atoms with Crippen molar-refractivity contribution in [2.75, 3.05) is 11.9 Å². The minimum Gasteiger partial charge on any atom is -0.366 e. The maximum Gasteiger partial charge on any atom is 0.251 e. The van der Waals surface area contributed by atoms with Crippen molar-refractivity contribution in [3.8, 4) is 0 Å². The maximum absolute atomic E-state index is 11.4. The molecule has 0 spiro atoms. The maximum atomic E-state index is 11.4. The molecule has 1 N–H and O–H groups in total. The summed E-state index contributed by atoms with van der Waals surface area (Å²) in [5.74, 6) is 0.0819. The van der Waals surface area contributed by atoms with Crippen LogP contribution in [0.5, 0.6) is 0 Å². The number of hydrogen-bond donors (Lipinski definition) is 1. The van der Waals surface area contributed by atoms with E-state index >= 15 is 0 Å². The Balaban J connectivity index is 2.43. The number of aromatic nitrogens is 2. The first-order chi connectivity index (χ1) is 7.37. The van der Waals surface area contributed by atoms with Gasteiger partial charge in [0.05, 0.1) is 18.0 Å². The van der Waals surface area contributed by atoms with E-state index in [1.54, 1.807) is 0 Å². The summed E-state index contributed by atoms with van der Waals surface area (Å²) in [6.45, 7) is 5.61. The van der Waals surface area contributed by atoms with Gasteiger partial charge in [-0.15, -0.1) is 0 Å². The molecule has 0 bridgehead atoms. The number of nitrogens with zero attached hydrogens (tertiary/aromatic N) is 2. The Morgan fingerprint density at radius 1 is 1.44 bits per heavy atom. The van der Waals surface area contributed by atoms with Gasteiger partial charge in [-0.3, -0.25) is 4.79 Å². The average molecular weight is 244 g/mol. The van der Waals surface area contributed by atoms with Crippen LogP contribution < -0.4 is 5.32 Å². The monoisotopic (exact) mass is 243 g/mol. The van der Waals surface area contributed by atoms with Crippen LogP contribution >= 0.6 is 11.6 Å². The molecule has 0 aromatic carbocycles. The summed E-state index contributed by atoms with van der Waals surface area (Å²) < 4.78 is 5.30. The van der Waals surface area contributed by atoms with Crippen LogP contribution in [0.1, 0.15) is 20.8 Å². The second-order valence-electron chi connectivity index (χ2n) is 4.17. The van der Waals surface area contributed by atoms with Crippen LogP contribution in [0.25, 0.3) is 0 Å². The van der Waals surface area contributed by atoms with Crippen molar-refractivity contribution in [2.24, 2.45) is 0 Å². The van der Waals surface area contributed by atoms with Crippen LogP contribution in [0, 0.1) is 0 Å². The van der Waals surface area contributed by atoms with Crippen molar-refractivity contribution < 1.29 is 9.53 Å². The highest BCUT2D eigenvalue weighted by molar-refractivity contribution is 6.29. The second-order valence-corrected chi connectivity index (χ2v) is 4.56. The zero-order valence-electron chi connectivity index (χ0n) is 9.45. The zero-order chi connectivity index (χ0) is 12.2. The quantitative estimate of drug-likeness (QED) is 0.881. The first-order valence-electron chi connectivity index (χ1n) is 4.78. The number of rotatable bonds is 3. The minimum absolute atomic E-state index is 0.0200. The third-order valence-corrected chi connectivity index (χ3v) is 1.72. The first-order valence-corrected chi connectivity index (χ1v) is 5.16. The Kier molecular flexibility index (Phi) is 4.20. The first kappa shape index (κ1) is 12.9. The Morgan fingerprint density at radius 3 is 2.62 bits per heavy atom. The van der Waals surface area contributed by atoms with Crippen LogP contribution in [0.4, 0.5) is 5.82 Å². The van der Waals surface area contributed by atoms with E-state index in [0.29, 0.717) is 5.82 Å². The number of halogens is 1. The number of hydrogen-bond acceptors (Lipinski definition) is 4. The molecule has 0 radical (unpaired) electrons. The number of carbonyl (C=O) groups is 1. The highest BCUT2D eigenvalue weighted by Crippen LogP contribution is 2.08. The Morgan fingerprint density at radius 2 is 2.12 bits per heavy atom. The van der Waals surface area contributed by atoms with Gasteiger partial charge in [0.25, 0.3) is 5.91 Å². The number of nitrogens with one attached hydrogen (secondary N) is 1. The van der Waals surface area contributed by atoms with Crippen molar-refractivity contribution in [1.82, 2.24) is 9.97 Å². The minimum atomic E-state index is -0.344. The van der Waals surface area contributed by atoms with Crippen molar-refractivity contribution >= 4 is 23.3 Å². The van der Waals surface area contributed by atoms with Gasteiger partial charge in [-0.05, 0) is 20.8 Å². The lowest BCUT2D eigenvalue weighted by Gasteiger charge is -2.18. The van der Waals surface area contributed by atoms with E-state index in [0.717, 1.165) is 0 Å². The van der Waals surface area contributed by atoms with Gasteiger partial charge in [-0.1, -0.05) is 11.6 Å². The largest absolute Gasteiger partial charge is 0.366 e. The molecule has 6 heteroatoms. The summed E-state index contributed by atoms with van der Waals surface area (Å²) >= 11 is 5.56. The lowest BCUT2D eigenvalue weighted by molar-refractivity contribution is -0.125. The number of carbonyl (C=O) groups excluding carboxylic acids is 1. The molecular formula is C10H14ClN3O2. The molecule has 0 fully saturated rings. The smallest absolute Gasteiger partial charge is 0.251 e. The van der Waals surface area contributed by atoms with E-state index in [2.05, 4.69) is 15.3 Å². The van der Waals surface area contributed by atoms with Crippen LogP contribution in [0.2, 0.25) is 5.15 Å². The Hall–Kier alpha value is -1.20. The Bertz CT molecular complexity index is 359. The topological polar surface area (TPSA) is 64.1 Å². The molecule has 0 aliphatic heterocycles. The van der Waals surface area contributed by atoms with Crippen molar-refractivity contribution in [2.45, 2.75) is 26.4 Å². The van der Waals surface area contributed by atoms with Crippen LogP contribution in [-0.2, 0) is 9.53 Å². The van der Waals surface area contributed by atoms with Crippen molar-refractivity contribution in [1.29, 1.82) is 0 Å². The third kappa shape index (κ3) is 5.04. The zero-order valence-corrected chi connectivity index (χ0v) is 10.2. The number of amides is 1. The average Bonchev–Trinajstić information content (AvgIpc) is 2.18. The molecular weight excluding hydrogens is 230 g/mol. The number of anilines is 1. The van der Waals surface area contributed by atoms with E-state index in [-0.39, 0.29) is 23.3 Å². The number of ether oxygens (including phenoxy) is 1. The van der Waals surface area contributed by atoms with Gasteiger partial charge in [-0.2, -0.15) is 0 Å². The van der Waals surface area contributed by atoms with Crippen LogP contribution in [0.15, 0.2) is 12.4 Å². The SMILES string of the molecule is CC(C)(C)OCC(=O)Nc1cnc(Cl)cn1. The Labute approximate surface area is 99.2 Å². The molecule has 1 heterocycles. The molecule has 16 heavy (non-hydrogen) atoms. The predicted molar refractivity (Wildman–Crippen MR) is 61.4 cm³/mol. The lowest BCUT2D eigenvalue weighted by atomic mass is 10.2. The molecule has 1 aromatic heterocycles. The molecule has 0 aliphatic carbocycles. The molecule has 0 unspecified atom stereocenters. The summed E-state index contributed by atoms with van der Waals surface area (Å²) in [5, 5.41) is 2.83. The molecule has 0 aliphatic rings. The van der Waals surface area contributed by atoms with Crippen molar-refractivity contribution in [3.63, 3.8) is 0 Å². The van der Waals surface area contributed by atoms with Gasteiger partial charge in [0.2, 0.25) is 0 Å². The molecule has 0 atom stereocenters. The van der Waals surface area contributed by atoms with Gasteiger partial charge in [0, 0.05) is 0 Å². The van der Waals surface area contributed by atoms with E-state index < -0.39 is 0 Å². The second kappa shape index (κ2) is 5.23. The fraction of sp³-hybridized carbons (Fsp3) is 0.500.